The highest BCUT2D eigenvalue weighted by Gasteiger charge is 2.29. The first-order valence-corrected chi connectivity index (χ1v) is 6.90. The van der Waals surface area contributed by atoms with Crippen LogP contribution in [0.1, 0.15) is 44.9 Å². The zero-order valence-electron chi connectivity index (χ0n) is 10.5. The highest BCUT2D eigenvalue weighted by molar-refractivity contribution is 4.86. The predicted octanol–water partition coefficient (Wildman–Crippen LogP) is 1.36. The van der Waals surface area contributed by atoms with Crippen LogP contribution in [0.5, 0.6) is 0 Å². The molecule has 0 radical (unpaired) electrons. The van der Waals surface area contributed by atoms with Crippen molar-refractivity contribution < 1.29 is 5.11 Å². The molecule has 2 fully saturated rings. The van der Waals surface area contributed by atoms with Gasteiger partial charge in [0.15, 0.2) is 0 Å². The van der Waals surface area contributed by atoms with Crippen LogP contribution < -0.4 is 5.32 Å². The molecule has 3 nitrogen and oxygen atoms in total. The number of rotatable bonds is 2. The van der Waals surface area contributed by atoms with E-state index in [0.29, 0.717) is 12.1 Å². The van der Waals surface area contributed by atoms with Crippen molar-refractivity contribution in [3.63, 3.8) is 0 Å². The first-order chi connectivity index (χ1) is 7.81. The minimum atomic E-state index is -0.0753. The number of aliphatic hydroxyl groups is 1. The van der Waals surface area contributed by atoms with Gasteiger partial charge in [0, 0.05) is 25.2 Å². The van der Waals surface area contributed by atoms with Crippen LogP contribution in [-0.4, -0.2) is 48.3 Å². The number of nitrogens with one attached hydrogen (secondary N) is 1. The molecule has 0 aromatic rings. The second-order valence-corrected chi connectivity index (χ2v) is 5.37. The van der Waals surface area contributed by atoms with Crippen LogP contribution in [0.4, 0.5) is 0 Å². The van der Waals surface area contributed by atoms with E-state index in [1.165, 1.54) is 38.5 Å². The van der Waals surface area contributed by atoms with Gasteiger partial charge >= 0.3 is 0 Å². The van der Waals surface area contributed by atoms with Gasteiger partial charge in [-0.05, 0) is 32.7 Å². The third-order valence-electron chi connectivity index (χ3n) is 4.35. The fraction of sp³-hybridized carbons (Fsp3) is 1.00. The lowest BCUT2D eigenvalue weighted by Crippen LogP contribution is -2.49. The molecule has 2 unspecified atom stereocenters. The van der Waals surface area contributed by atoms with Gasteiger partial charge in [0.05, 0.1) is 6.10 Å². The maximum atomic E-state index is 10.2. The fourth-order valence-corrected chi connectivity index (χ4v) is 3.21. The Hall–Kier alpha value is -0.120. The topological polar surface area (TPSA) is 35.5 Å². The van der Waals surface area contributed by atoms with E-state index in [9.17, 15) is 5.11 Å². The number of hydrogen-bond donors (Lipinski definition) is 2. The summed E-state index contributed by atoms with van der Waals surface area (Å²) in [4.78, 5) is 2.53. The summed E-state index contributed by atoms with van der Waals surface area (Å²) in [6, 6.07) is 1.14. The van der Waals surface area contributed by atoms with Crippen LogP contribution in [0.15, 0.2) is 0 Å². The molecular formula is C13H26N2O. The van der Waals surface area contributed by atoms with E-state index in [1.54, 1.807) is 0 Å². The summed E-state index contributed by atoms with van der Waals surface area (Å²) >= 11 is 0. The Morgan fingerprint density at radius 3 is 2.38 bits per heavy atom. The first-order valence-electron chi connectivity index (χ1n) is 6.90. The molecule has 2 atom stereocenters. The van der Waals surface area contributed by atoms with Crippen LogP contribution in [-0.2, 0) is 0 Å². The molecule has 0 aromatic heterocycles. The number of hydrogen-bond acceptors (Lipinski definition) is 3. The monoisotopic (exact) mass is 226 g/mol. The summed E-state index contributed by atoms with van der Waals surface area (Å²) in [5.74, 6) is 0. The number of nitrogens with zero attached hydrogens (tertiary/aromatic N) is 1. The van der Waals surface area contributed by atoms with Gasteiger partial charge in [-0.1, -0.05) is 19.3 Å². The Labute approximate surface area is 99.2 Å². The van der Waals surface area contributed by atoms with Gasteiger partial charge in [-0.2, -0.15) is 0 Å². The Bertz CT molecular complexity index is 202. The van der Waals surface area contributed by atoms with Gasteiger partial charge in [-0.25, -0.2) is 0 Å². The van der Waals surface area contributed by atoms with E-state index < -0.39 is 0 Å². The number of likely N-dealkylation sites (tertiary alicyclic amines) is 1. The van der Waals surface area contributed by atoms with Crippen LogP contribution in [0, 0.1) is 0 Å². The van der Waals surface area contributed by atoms with Crippen molar-refractivity contribution in [1.29, 1.82) is 0 Å². The molecule has 1 aliphatic carbocycles. The molecule has 0 amide bonds. The van der Waals surface area contributed by atoms with Gasteiger partial charge in [-0.15, -0.1) is 0 Å². The van der Waals surface area contributed by atoms with Crippen LogP contribution in [0.25, 0.3) is 0 Å². The molecule has 0 spiro atoms. The molecule has 3 heteroatoms. The van der Waals surface area contributed by atoms with Crippen molar-refractivity contribution in [1.82, 2.24) is 10.2 Å². The summed E-state index contributed by atoms with van der Waals surface area (Å²) in [7, 11) is 2.06. The lowest BCUT2D eigenvalue weighted by Gasteiger charge is -2.39. The summed E-state index contributed by atoms with van der Waals surface area (Å²) in [5.41, 5.74) is 0. The molecule has 1 heterocycles. The molecule has 94 valence electrons. The van der Waals surface area contributed by atoms with E-state index in [-0.39, 0.29) is 6.10 Å². The number of aliphatic hydroxyl groups excluding tert-OH is 1. The molecule has 2 aliphatic rings. The molecule has 2 N–H and O–H groups in total. The quantitative estimate of drug-likeness (QED) is 0.698. The van der Waals surface area contributed by atoms with Crippen LogP contribution >= 0.6 is 0 Å². The van der Waals surface area contributed by atoms with Crippen molar-refractivity contribution in [3.8, 4) is 0 Å². The first kappa shape index (κ1) is 12.3. The molecule has 0 aromatic carbocycles. The normalized spacial score (nSPS) is 34.9. The van der Waals surface area contributed by atoms with E-state index in [0.717, 1.165) is 19.5 Å². The molecule has 1 saturated heterocycles. The largest absolute Gasteiger partial charge is 0.391 e. The maximum absolute atomic E-state index is 10.2. The second kappa shape index (κ2) is 5.99. The van der Waals surface area contributed by atoms with Crippen LogP contribution in [0.3, 0.4) is 0 Å². The highest BCUT2D eigenvalue weighted by Crippen LogP contribution is 2.25. The van der Waals surface area contributed by atoms with Crippen LogP contribution in [0.2, 0.25) is 0 Å². The van der Waals surface area contributed by atoms with Gasteiger partial charge < -0.3 is 10.4 Å². The SMILES string of the molecule is CNC1CCN(C2CCCCCC2O)CC1. The summed E-state index contributed by atoms with van der Waals surface area (Å²) < 4.78 is 0. The zero-order chi connectivity index (χ0) is 11.4. The molecule has 16 heavy (non-hydrogen) atoms. The lowest BCUT2D eigenvalue weighted by molar-refractivity contribution is 0.0294. The number of piperidine rings is 1. The highest BCUT2D eigenvalue weighted by atomic mass is 16.3. The van der Waals surface area contributed by atoms with Crippen molar-refractivity contribution in [2.75, 3.05) is 20.1 Å². The van der Waals surface area contributed by atoms with Crippen molar-refractivity contribution in [3.05, 3.63) is 0 Å². The van der Waals surface area contributed by atoms with E-state index in [2.05, 4.69) is 17.3 Å². The minimum Gasteiger partial charge on any atom is -0.391 e. The maximum Gasteiger partial charge on any atom is 0.0695 e. The Morgan fingerprint density at radius 2 is 1.69 bits per heavy atom. The zero-order valence-corrected chi connectivity index (χ0v) is 10.5. The standard InChI is InChI=1S/C13H26N2O/c1-14-11-7-9-15(10-8-11)12-5-3-2-4-6-13(12)16/h11-14,16H,2-10H2,1H3. The summed E-state index contributed by atoms with van der Waals surface area (Å²) in [5, 5.41) is 13.5. The predicted molar refractivity (Wildman–Crippen MR) is 66.5 cm³/mol. The Morgan fingerprint density at radius 1 is 1.00 bits per heavy atom. The van der Waals surface area contributed by atoms with Crippen molar-refractivity contribution in [2.45, 2.75) is 63.1 Å². The van der Waals surface area contributed by atoms with E-state index in [4.69, 9.17) is 0 Å². The summed E-state index contributed by atoms with van der Waals surface area (Å²) in [6.45, 7) is 2.32. The Balaban J connectivity index is 1.86. The lowest BCUT2D eigenvalue weighted by atomic mass is 9.98. The second-order valence-electron chi connectivity index (χ2n) is 5.37. The van der Waals surface area contributed by atoms with E-state index in [1.807, 2.05) is 0 Å². The smallest absolute Gasteiger partial charge is 0.0695 e. The fourth-order valence-electron chi connectivity index (χ4n) is 3.21. The minimum absolute atomic E-state index is 0.0753. The van der Waals surface area contributed by atoms with Gasteiger partial charge in [0.25, 0.3) is 0 Å². The molecule has 2 rings (SSSR count). The summed E-state index contributed by atoms with van der Waals surface area (Å²) in [6.07, 6.45) is 8.42. The van der Waals surface area contributed by atoms with Crippen molar-refractivity contribution in [2.24, 2.45) is 0 Å². The Kier molecular flexibility index (Phi) is 4.62. The third kappa shape index (κ3) is 2.96. The van der Waals surface area contributed by atoms with E-state index >= 15 is 0 Å². The van der Waals surface area contributed by atoms with Gasteiger partial charge in [-0.3, -0.25) is 4.90 Å². The molecule has 1 aliphatic heterocycles. The molecule has 1 saturated carbocycles. The van der Waals surface area contributed by atoms with Crippen molar-refractivity contribution >= 4 is 0 Å². The molecular weight excluding hydrogens is 200 g/mol. The molecule has 0 bridgehead atoms. The van der Waals surface area contributed by atoms with Gasteiger partial charge in [0.2, 0.25) is 0 Å². The average Bonchev–Trinajstić information content (AvgIpc) is 2.54. The third-order valence-corrected chi connectivity index (χ3v) is 4.35. The van der Waals surface area contributed by atoms with Gasteiger partial charge in [0.1, 0.15) is 0 Å². The average molecular weight is 226 g/mol.